The lowest BCUT2D eigenvalue weighted by atomic mass is 10.1. The summed E-state index contributed by atoms with van der Waals surface area (Å²) in [6.07, 6.45) is 0. The summed E-state index contributed by atoms with van der Waals surface area (Å²) >= 11 is 11.9. The summed E-state index contributed by atoms with van der Waals surface area (Å²) in [5, 5.41) is 12.9. The van der Waals surface area contributed by atoms with E-state index < -0.39 is 10.0 Å². The van der Waals surface area contributed by atoms with E-state index in [9.17, 15) is 8.42 Å². The Morgan fingerprint density at radius 1 is 1.00 bits per heavy atom. The van der Waals surface area contributed by atoms with Crippen molar-refractivity contribution in [1.82, 2.24) is 19.8 Å². The molecule has 10 heteroatoms. The molecule has 0 bridgehead atoms. The fourth-order valence-electron chi connectivity index (χ4n) is 2.69. The van der Waals surface area contributed by atoms with Crippen LogP contribution in [0.4, 0.5) is 5.69 Å². The van der Waals surface area contributed by atoms with Crippen molar-refractivity contribution in [3.8, 4) is 11.3 Å². The van der Waals surface area contributed by atoms with Crippen molar-refractivity contribution < 1.29 is 8.42 Å². The lowest BCUT2D eigenvalue weighted by Crippen LogP contribution is -2.13. The van der Waals surface area contributed by atoms with Gasteiger partial charge >= 0.3 is 0 Å². The average molecular weight is 434 g/mol. The molecule has 142 valence electrons. The minimum Gasteiger partial charge on any atom is -0.280 e. The number of nitrogens with zero attached hydrogens (tertiary/aromatic N) is 4. The van der Waals surface area contributed by atoms with E-state index in [0.29, 0.717) is 22.9 Å². The number of hydrogen-bond acceptors (Lipinski definition) is 5. The summed E-state index contributed by atoms with van der Waals surface area (Å²) in [5.74, 6) is 0.657. The molecule has 7 nitrogen and oxygen atoms in total. The van der Waals surface area contributed by atoms with E-state index >= 15 is 0 Å². The third-order valence-corrected chi connectivity index (χ3v) is 6.11. The topological polar surface area (TPSA) is 89.2 Å². The van der Waals surface area contributed by atoms with Crippen molar-refractivity contribution in [3.05, 3.63) is 70.5 Å². The minimum atomic E-state index is -3.91. The molecule has 0 aliphatic heterocycles. The van der Waals surface area contributed by atoms with Gasteiger partial charge in [-0.05, 0) is 49.4 Å². The monoisotopic (exact) mass is 433 g/mol. The van der Waals surface area contributed by atoms with Crippen molar-refractivity contribution in [2.75, 3.05) is 4.72 Å². The Kier molecular flexibility index (Phi) is 4.70. The molecule has 0 saturated heterocycles. The number of anilines is 1. The zero-order valence-electron chi connectivity index (χ0n) is 14.5. The first kappa shape index (κ1) is 18.7. The van der Waals surface area contributed by atoms with Gasteiger partial charge in [0.25, 0.3) is 10.0 Å². The fraction of sp³-hybridized carbons (Fsp3) is 0.0556. The second-order valence-corrected chi connectivity index (χ2v) is 8.49. The molecule has 2 aromatic heterocycles. The minimum absolute atomic E-state index is 0.0863. The second kappa shape index (κ2) is 7.05. The van der Waals surface area contributed by atoms with Crippen molar-refractivity contribution >= 4 is 44.6 Å². The molecule has 0 aliphatic rings. The van der Waals surface area contributed by atoms with Gasteiger partial charge < -0.3 is 0 Å². The molecule has 4 aromatic rings. The van der Waals surface area contributed by atoms with E-state index in [2.05, 4.69) is 20.0 Å². The highest BCUT2D eigenvalue weighted by Gasteiger charge is 2.19. The molecule has 0 radical (unpaired) electrons. The van der Waals surface area contributed by atoms with Crippen LogP contribution in [0.15, 0.2) is 59.5 Å². The molecule has 28 heavy (non-hydrogen) atoms. The van der Waals surface area contributed by atoms with Gasteiger partial charge in [-0.2, -0.15) is 9.61 Å². The normalized spacial score (nSPS) is 11.7. The Morgan fingerprint density at radius 2 is 1.82 bits per heavy atom. The molecule has 1 N–H and O–H groups in total. The number of aryl methyl sites for hydroxylation is 1. The fourth-order valence-corrected chi connectivity index (χ4v) is 4.50. The summed E-state index contributed by atoms with van der Waals surface area (Å²) in [7, 11) is -3.91. The highest BCUT2D eigenvalue weighted by Crippen LogP contribution is 2.28. The maximum Gasteiger partial charge on any atom is 0.263 e. The van der Waals surface area contributed by atoms with Gasteiger partial charge in [0.15, 0.2) is 11.5 Å². The molecule has 0 aliphatic carbocycles. The van der Waals surface area contributed by atoms with Gasteiger partial charge in [-0.3, -0.25) is 4.72 Å². The SMILES string of the molecule is Cc1nnc2ccc(-c3cccc(NS(=O)(=O)c4cc(Cl)ccc4Cl)c3)nn12. The third-order valence-electron chi connectivity index (χ3n) is 4.01. The molecule has 0 saturated carbocycles. The van der Waals surface area contributed by atoms with Gasteiger partial charge in [-0.25, -0.2) is 8.42 Å². The van der Waals surface area contributed by atoms with Crippen LogP contribution in [0.2, 0.25) is 10.0 Å². The van der Waals surface area contributed by atoms with Crippen LogP contribution in [0.25, 0.3) is 16.9 Å². The van der Waals surface area contributed by atoms with Gasteiger partial charge in [0.1, 0.15) is 4.90 Å². The van der Waals surface area contributed by atoms with Crippen LogP contribution in [0.5, 0.6) is 0 Å². The van der Waals surface area contributed by atoms with E-state index in [1.165, 1.54) is 18.2 Å². The zero-order valence-corrected chi connectivity index (χ0v) is 16.8. The van der Waals surface area contributed by atoms with Crippen LogP contribution in [-0.4, -0.2) is 28.2 Å². The highest BCUT2D eigenvalue weighted by molar-refractivity contribution is 7.92. The van der Waals surface area contributed by atoms with E-state index in [4.69, 9.17) is 23.2 Å². The average Bonchev–Trinajstić information content (AvgIpc) is 3.04. The van der Waals surface area contributed by atoms with Gasteiger partial charge in [0.05, 0.1) is 10.7 Å². The van der Waals surface area contributed by atoms with Gasteiger partial charge in [-0.1, -0.05) is 35.3 Å². The predicted octanol–water partition coefficient (Wildman–Crippen LogP) is 4.21. The molecule has 2 aromatic carbocycles. The van der Waals surface area contributed by atoms with Crippen molar-refractivity contribution in [2.24, 2.45) is 0 Å². The molecular weight excluding hydrogens is 421 g/mol. The first-order chi connectivity index (χ1) is 13.3. The van der Waals surface area contributed by atoms with Gasteiger partial charge in [0, 0.05) is 16.3 Å². The van der Waals surface area contributed by atoms with E-state index in [0.717, 1.165) is 5.56 Å². The molecule has 0 amide bonds. The van der Waals surface area contributed by atoms with Crippen LogP contribution < -0.4 is 4.72 Å². The second-order valence-electron chi connectivity index (χ2n) is 6.00. The van der Waals surface area contributed by atoms with Gasteiger partial charge in [-0.15, -0.1) is 10.2 Å². The molecule has 2 heterocycles. The number of benzene rings is 2. The molecule has 4 rings (SSSR count). The molecule has 0 fully saturated rings. The van der Waals surface area contributed by atoms with E-state index in [1.807, 2.05) is 6.07 Å². The van der Waals surface area contributed by atoms with E-state index in [-0.39, 0.29) is 14.9 Å². The Morgan fingerprint density at radius 3 is 2.64 bits per heavy atom. The summed E-state index contributed by atoms with van der Waals surface area (Å²) < 4.78 is 29.6. The zero-order chi connectivity index (χ0) is 19.9. The number of rotatable bonds is 4. The maximum absolute atomic E-state index is 12.7. The van der Waals surface area contributed by atoms with E-state index in [1.54, 1.807) is 41.8 Å². The maximum atomic E-state index is 12.7. The van der Waals surface area contributed by atoms with Crippen molar-refractivity contribution in [2.45, 2.75) is 11.8 Å². The Hall–Kier alpha value is -2.68. The summed E-state index contributed by atoms with van der Waals surface area (Å²) in [5.41, 5.74) is 2.38. The largest absolute Gasteiger partial charge is 0.280 e. The smallest absolute Gasteiger partial charge is 0.263 e. The summed E-state index contributed by atoms with van der Waals surface area (Å²) in [6.45, 7) is 1.80. The summed E-state index contributed by atoms with van der Waals surface area (Å²) in [6, 6.07) is 14.8. The summed E-state index contributed by atoms with van der Waals surface area (Å²) in [4.78, 5) is -0.0910. The molecule has 0 unspecified atom stereocenters. The third kappa shape index (κ3) is 3.54. The Balaban J connectivity index is 1.70. The first-order valence-corrected chi connectivity index (χ1v) is 10.3. The molecule has 0 spiro atoms. The number of sulfonamides is 1. The Bertz CT molecular complexity index is 1300. The number of aromatic nitrogens is 4. The molecule has 0 atom stereocenters. The quantitative estimate of drug-likeness (QED) is 0.520. The van der Waals surface area contributed by atoms with Crippen LogP contribution in [0, 0.1) is 6.92 Å². The Labute approximate surface area is 171 Å². The number of hydrogen-bond donors (Lipinski definition) is 1. The van der Waals surface area contributed by atoms with Crippen LogP contribution in [-0.2, 0) is 10.0 Å². The lowest BCUT2D eigenvalue weighted by molar-refractivity contribution is 0.601. The first-order valence-electron chi connectivity index (χ1n) is 8.11. The highest BCUT2D eigenvalue weighted by atomic mass is 35.5. The van der Waals surface area contributed by atoms with Crippen LogP contribution in [0.1, 0.15) is 5.82 Å². The van der Waals surface area contributed by atoms with Crippen LogP contribution in [0.3, 0.4) is 0 Å². The van der Waals surface area contributed by atoms with Crippen molar-refractivity contribution in [1.29, 1.82) is 0 Å². The standard InChI is InChI=1S/C18H13Cl2N5O2S/c1-11-21-22-18-8-7-16(23-25(11)18)12-3-2-4-14(9-12)24-28(26,27)17-10-13(19)5-6-15(17)20/h2-10,24H,1H3. The van der Waals surface area contributed by atoms with Crippen molar-refractivity contribution in [3.63, 3.8) is 0 Å². The number of nitrogens with one attached hydrogen (secondary N) is 1. The molecular formula is C18H13Cl2N5O2S. The number of fused-ring (bicyclic) bond motifs is 1. The number of halogens is 2. The van der Waals surface area contributed by atoms with Gasteiger partial charge in [0.2, 0.25) is 0 Å². The lowest BCUT2D eigenvalue weighted by Gasteiger charge is -2.11. The predicted molar refractivity (Wildman–Crippen MR) is 108 cm³/mol. The van der Waals surface area contributed by atoms with Crippen LogP contribution >= 0.6 is 23.2 Å².